The van der Waals surface area contributed by atoms with Gasteiger partial charge >= 0.3 is 0 Å². The van der Waals surface area contributed by atoms with E-state index in [-0.39, 0.29) is 23.1 Å². The average Bonchev–Trinajstić information content (AvgIpc) is 3.03. The summed E-state index contributed by atoms with van der Waals surface area (Å²) in [6.07, 6.45) is 1.38. The minimum atomic E-state index is -0.393. The Balaban J connectivity index is 1.87. The van der Waals surface area contributed by atoms with Gasteiger partial charge in [0.25, 0.3) is 5.91 Å². The van der Waals surface area contributed by atoms with Crippen molar-refractivity contribution in [3.63, 3.8) is 0 Å². The predicted octanol–water partition coefficient (Wildman–Crippen LogP) is 0.986. The number of hydrogen-bond donors (Lipinski definition) is 2. The molecule has 7 nitrogen and oxygen atoms in total. The molecule has 1 fully saturated rings. The fourth-order valence-electron chi connectivity index (χ4n) is 3.23. The van der Waals surface area contributed by atoms with Gasteiger partial charge in [0.1, 0.15) is 11.3 Å². The highest BCUT2D eigenvalue weighted by atomic mass is 16.5. The number of aromatic amines is 1. The molecule has 1 saturated heterocycles. The van der Waals surface area contributed by atoms with Gasteiger partial charge in [0.05, 0.1) is 19.3 Å². The van der Waals surface area contributed by atoms with Crippen LogP contribution in [0.4, 0.5) is 0 Å². The normalized spacial score (nSPS) is 20.8. The van der Waals surface area contributed by atoms with Crippen molar-refractivity contribution in [2.75, 3.05) is 33.9 Å². The SMILES string of the molecule is CCN1C[C@H](NC(=O)c2c[nH]c3ccc(OC)cc3c2=O)[C@@H](OC)C1. The van der Waals surface area contributed by atoms with Crippen molar-refractivity contribution in [1.82, 2.24) is 15.2 Å². The first-order chi connectivity index (χ1) is 12.1. The van der Waals surface area contributed by atoms with Gasteiger partial charge in [0.2, 0.25) is 5.43 Å². The molecule has 0 saturated carbocycles. The predicted molar refractivity (Wildman–Crippen MR) is 95.3 cm³/mol. The molecule has 0 unspecified atom stereocenters. The second-order valence-corrected chi connectivity index (χ2v) is 6.15. The van der Waals surface area contributed by atoms with Crippen molar-refractivity contribution in [1.29, 1.82) is 0 Å². The van der Waals surface area contributed by atoms with Crippen LogP contribution in [0.3, 0.4) is 0 Å². The van der Waals surface area contributed by atoms with Crippen LogP contribution in [0.15, 0.2) is 29.2 Å². The molecule has 2 atom stereocenters. The third kappa shape index (κ3) is 3.38. The Bertz CT molecular complexity index is 833. The molecule has 1 amide bonds. The number of nitrogens with one attached hydrogen (secondary N) is 2. The van der Waals surface area contributed by atoms with Gasteiger partial charge in [-0.2, -0.15) is 0 Å². The summed E-state index contributed by atoms with van der Waals surface area (Å²) in [6, 6.07) is 5.02. The molecular formula is C18H23N3O4. The Morgan fingerprint density at radius 2 is 2.16 bits per heavy atom. The Morgan fingerprint density at radius 1 is 1.36 bits per heavy atom. The van der Waals surface area contributed by atoms with Crippen molar-refractivity contribution in [2.24, 2.45) is 0 Å². The van der Waals surface area contributed by atoms with Crippen LogP contribution >= 0.6 is 0 Å². The van der Waals surface area contributed by atoms with E-state index in [1.807, 2.05) is 0 Å². The summed E-state index contributed by atoms with van der Waals surface area (Å²) in [7, 11) is 3.18. The van der Waals surface area contributed by atoms with Gasteiger partial charge in [0, 0.05) is 37.3 Å². The summed E-state index contributed by atoms with van der Waals surface area (Å²) in [5, 5.41) is 3.37. The molecule has 2 heterocycles. The van der Waals surface area contributed by atoms with Crippen LogP contribution in [0.5, 0.6) is 5.75 Å². The summed E-state index contributed by atoms with van der Waals surface area (Å²) in [5.41, 5.74) is 0.435. The van der Waals surface area contributed by atoms with Crippen molar-refractivity contribution in [2.45, 2.75) is 19.1 Å². The first-order valence-electron chi connectivity index (χ1n) is 8.32. The number of amides is 1. The maximum Gasteiger partial charge on any atom is 0.257 e. The van der Waals surface area contributed by atoms with Gasteiger partial charge in [-0.3, -0.25) is 14.5 Å². The Morgan fingerprint density at radius 3 is 2.84 bits per heavy atom. The highest BCUT2D eigenvalue weighted by molar-refractivity contribution is 5.97. The molecule has 0 spiro atoms. The highest BCUT2D eigenvalue weighted by Gasteiger charge is 2.33. The fourth-order valence-corrected chi connectivity index (χ4v) is 3.23. The van der Waals surface area contributed by atoms with Crippen molar-refractivity contribution in [3.05, 3.63) is 40.2 Å². The molecule has 1 aromatic carbocycles. The number of ether oxygens (including phenoxy) is 2. The van der Waals surface area contributed by atoms with Crippen LogP contribution in [0.25, 0.3) is 10.9 Å². The first kappa shape index (κ1) is 17.4. The van der Waals surface area contributed by atoms with Gasteiger partial charge in [-0.25, -0.2) is 0 Å². The number of aromatic nitrogens is 1. The minimum Gasteiger partial charge on any atom is -0.497 e. The lowest BCUT2D eigenvalue weighted by atomic mass is 10.1. The molecule has 1 aliphatic rings. The van der Waals surface area contributed by atoms with Crippen LogP contribution in [0.2, 0.25) is 0 Å². The maximum absolute atomic E-state index is 12.7. The zero-order valence-corrected chi connectivity index (χ0v) is 14.7. The fraction of sp³-hybridized carbons (Fsp3) is 0.444. The van der Waals surface area contributed by atoms with Gasteiger partial charge in [-0.15, -0.1) is 0 Å². The van der Waals surface area contributed by atoms with Crippen LogP contribution in [0.1, 0.15) is 17.3 Å². The van der Waals surface area contributed by atoms with E-state index < -0.39 is 5.91 Å². The minimum absolute atomic E-state index is 0.0801. The average molecular weight is 345 g/mol. The largest absolute Gasteiger partial charge is 0.497 e. The molecule has 7 heteroatoms. The molecular weight excluding hydrogens is 322 g/mol. The molecule has 3 rings (SSSR count). The number of hydrogen-bond acceptors (Lipinski definition) is 5. The summed E-state index contributed by atoms with van der Waals surface area (Å²) >= 11 is 0. The van der Waals surface area contributed by atoms with Crippen molar-refractivity contribution in [3.8, 4) is 5.75 Å². The standard InChI is InChI=1S/C18H23N3O4/c1-4-21-9-15(16(10-21)25-3)20-18(23)13-8-19-14-6-5-11(24-2)7-12(14)17(13)22/h5-8,15-16H,4,9-10H2,1-3H3,(H,19,22)(H,20,23)/t15-,16-/m0/s1. The van der Waals surface area contributed by atoms with Crippen LogP contribution in [-0.2, 0) is 4.74 Å². The number of pyridine rings is 1. The molecule has 0 radical (unpaired) electrons. The van der Waals surface area contributed by atoms with Crippen LogP contribution < -0.4 is 15.5 Å². The first-order valence-corrected chi connectivity index (χ1v) is 8.32. The lowest BCUT2D eigenvalue weighted by Gasteiger charge is -2.18. The number of rotatable bonds is 5. The number of fused-ring (bicyclic) bond motifs is 1. The van der Waals surface area contributed by atoms with Crippen molar-refractivity contribution >= 4 is 16.8 Å². The van der Waals surface area contributed by atoms with E-state index in [0.29, 0.717) is 23.2 Å². The lowest BCUT2D eigenvalue weighted by Crippen LogP contribution is -2.44. The van der Waals surface area contributed by atoms with Gasteiger partial charge in [-0.1, -0.05) is 6.92 Å². The summed E-state index contributed by atoms with van der Waals surface area (Å²) in [5.74, 6) is 0.181. The number of carbonyl (C=O) groups excluding carboxylic acids is 1. The number of likely N-dealkylation sites (N-methyl/N-ethyl adjacent to an activating group) is 1. The number of methoxy groups -OCH3 is 2. The molecule has 0 aliphatic carbocycles. The van der Waals surface area contributed by atoms with E-state index in [1.165, 1.54) is 13.3 Å². The zero-order valence-electron chi connectivity index (χ0n) is 14.7. The second-order valence-electron chi connectivity index (χ2n) is 6.15. The number of nitrogens with zero attached hydrogens (tertiary/aromatic N) is 1. The smallest absolute Gasteiger partial charge is 0.257 e. The van der Waals surface area contributed by atoms with Gasteiger partial charge < -0.3 is 19.8 Å². The number of benzene rings is 1. The molecule has 1 aromatic heterocycles. The van der Waals surface area contributed by atoms with E-state index >= 15 is 0 Å². The number of likely N-dealkylation sites (tertiary alicyclic amines) is 1. The molecule has 0 bridgehead atoms. The van der Waals surface area contributed by atoms with E-state index in [2.05, 4.69) is 22.1 Å². The monoisotopic (exact) mass is 345 g/mol. The molecule has 2 N–H and O–H groups in total. The maximum atomic E-state index is 12.7. The second kappa shape index (κ2) is 7.25. The van der Waals surface area contributed by atoms with E-state index in [4.69, 9.17) is 9.47 Å². The molecule has 25 heavy (non-hydrogen) atoms. The van der Waals surface area contributed by atoms with Gasteiger partial charge in [0.15, 0.2) is 0 Å². The molecule has 134 valence electrons. The lowest BCUT2D eigenvalue weighted by molar-refractivity contribution is 0.0761. The third-order valence-corrected chi connectivity index (χ3v) is 4.74. The topological polar surface area (TPSA) is 83.7 Å². The summed E-state index contributed by atoms with van der Waals surface area (Å²) in [6.45, 7) is 4.43. The van der Waals surface area contributed by atoms with Gasteiger partial charge in [-0.05, 0) is 24.7 Å². The third-order valence-electron chi connectivity index (χ3n) is 4.74. The highest BCUT2D eigenvalue weighted by Crippen LogP contribution is 2.17. The quantitative estimate of drug-likeness (QED) is 0.844. The van der Waals surface area contributed by atoms with E-state index in [1.54, 1.807) is 25.3 Å². The number of carbonyl (C=O) groups is 1. The Kier molecular flexibility index (Phi) is 5.06. The Hall–Kier alpha value is -2.38. The van der Waals surface area contributed by atoms with Crippen LogP contribution in [0, 0.1) is 0 Å². The van der Waals surface area contributed by atoms with Crippen LogP contribution in [-0.4, -0.2) is 61.8 Å². The Labute approximate surface area is 145 Å². The molecule has 1 aliphatic heterocycles. The summed E-state index contributed by atoms with van der Waals surface area (Å²) in [4.78, 5) is 30.6. The van der Waals surface area contributed by atoms with E-state index in [9.17, 15) is 9.59 Å². The number of H-pyrrole nitrogens is 1. The molecule has 2 aromatic rings. The zero-order chi connectivity index (χ0) is 18.0. The van der Waals surface area contributed by atoms with Crippen molar-refractivity contribution < 1.29 is 14.3 Å². The van der Waals surface area contributed by atoms with E-state index in [0.717, 1.165) is 13.1 Å². The summed E-state index contributed by atoms with van der Waals surface area (Å²) < 4.78 is 10.6.